The highest BCUT2D eigenvalue weighted by atomic mass is 19.2. The minimum Gasteiger partial charge on any atom is -0.498 e. The molecule has 2 aliphatic rings. The maximum Gasteiger partial charge on any atom is 0.207 e. The predicted octanol–water partition coefficient (Wildman–Crippen LogP) is 7.30. The summed E-state index contributed by atoms with van der Waals surface area (Å²) in [5.41, 5.74) is 1.86. The van der Waals surface area contributed by atoms with Crippen molar-refractivity contribution in [2.24, 2.45) is 0 Å². The lowest BCUT2D eigenvalue weighted by atomic mass is 9.92. The molecular weight excluding hydrogens is 405 g/mol. The van der Waals surface area contributed by atoms with E-state index in [1.54, 1.807) is 25.3 Å². The van der Waals surface area contributed by atoms with Gasteiger partial charge in [-0.05, 0) is 50.3 Å². The van der Waals surface area contributed by atoms with Crippen LogP contribution in [-0.2, 0) is 11.2 Å². The molecule has 0 N–H and O–H groups in total. The van der Waals surface area contributed by atoms with Gasteiger partial charge < -0.3 is 14.2 Å². The summed E-state index contributed by atoms with van der Waals surface area (Å²) in [7, 11) is 0. The fraction of sp³-hybridized carbons (Fsp3) is 0.440. The van der Waals surface area contributed by atoms with Crippen molar-refractivity contribution < 1.29 is 27.4 Å². The lowest BCUT2D eigenvalue weighted by molar-refractivity contribution is 0.116. The second kappa shape index (κ2) is 9.25. The van der Waals surface area contributed by atoms with Gasteiger partial charge in [-0.2, -0.15) is 8.78 Å². The molecule has 1 unspecified atom stereocenters. The molecule has 3 nitrogen and oxygen atoms in total. The van der Waals surface area contributed by atoms with Crippen molar-refractivity contribution in [1.82, 2.24) is 0 Å². The van der Waals surface area contributed by atoms with Crippen LogP contribution >= 0.6 is 0 Å². The summed E-state index contributed by atoms with van der Waals surface area (Å²) in [6.45, 7) is 4.18. The first-order valence-corrected chi connectivity index (χ1v) is 11.0. The van der Waals surface area contributed by atoms with Crippen molar-refractivity contribution in [3.8, 4) is 17.2 Å². The molecule has 1 atom stereocenters. The van der Waals surface area contributed by atoms with Crippen LogP contribution in [0.1, 0.15) is 69.1 Å². The number of hydrogen-bond acceptors (Lipinski definition) is 3. The van der Waals surface area contributed by atoms with Crippen molar-refractivity contribution in [2.75, 3.05) is 6.61 Å². The van der Waals surface area contributed by atoms with Crippen molar-refractivity contribution in [2.45, 2.75) is 64.9 Å². The molecule has 0 bridgehead atoms. The molecule has 0 aliphatic carbocycles. The number of fused-ring (bicyclic) bond motifs is 2. The van der Waals surface area contributed by atoms with Gasteiger partial charge in [-0.25, -0.2) is 4.39 Å². The van der Waals surface area contributed by atoms with Crippen LogP contribution in [0.5, 0.6) is 17.2 Å². The molecule has 0 saturated heterocycles. The van der Waals surface area contributed by atoms with E-state index in [0.717, 1.165) is 32.1 Å². The van der Waals surface area contributed by atoms with Crippen LogP contribution in [0.4, 0.5) is 13.2 Å². The first kappa shape index (κ1) is 21.6. The van der Waals surface area contributed by atoms with E-state index in [1.165, 1.54) is 6.07 Å². The maximum absolute atomic E-state index is 14.9. The number of hydrogen-bond donors (Lipinski definition) is 0. The summed E-state index contributed by atoms with van der Waals surface area (Å²) in [6, 6.07) is 4.82. The fourth-order valence-electron chi connectivity index (χ4n) is 4.19. The van der Waals surface area contributed by atoms with E-state index >= 15 is 0 Å². The standard InChI is InChI=1S/C25H27F3O3/c1-3-5-6-7-18-10-8-16(14-30-18)19-13-17-12-15-9-11-20(29-4-2)22(27)24(15)31-25(17)23(28)21(19)26/h9,11,13-14,18H,3-8,10,12H2,1-2H3. The zero-order valence-electron chi connectivity index (χ0n) is 17.9. The number of rotatable bonds is 7. The van der Waals surface area contributed by atoms with Gasteiger partial charge in [0.05, 0.1) is 19.0 Å². The molecule has 0 amide bonds. The van der Waals surface area contributed by atoms with Gasteiger partial charge in [-0.1, -0.05) is 25.8 Å². The van der Waals surface area contributed by atoms with E-state index in [0.29, 0.717) is 23.1 Å². The molecular formula is C25H27F3O3. The Morgan fingerprint density at radius 2 is 1.81 bits per heavy atom. The van der Waals surface area contributed by atoms with Gasteiger partial charge in [0, 0.05) is 23.1 Å². The topological polar surface area (TPSA) is 27.7 Å². The molecule has 0 radical (unpaired) electrons. The minimum atomic E-state index is -1.11. The van der Waals surface area contributed by atoms with Gasteiger partial charge in [0.2, 0.25) is 11.6 Å². The Morgan fingerprint density at radius 3 is 2.52 bits per heavy atom. The smallest absolute Gasteiger partial charge is 0.207 e. The second-order valence-corrected chi connectivity index (χ2v) is 8.05. The summed E-state index contributed by atoms with van der Waals surface area (Å²) in [6.07, 6.45) is 7.71. The van der Waals surface area contributed by atoms with Crippen LogP contribution < -0.4 is 9.47 Å². The summed E-state index contributed by atoms with van der Waals surface area (Å²) in [5.74, 6) is -3.16. The summed E-state index contributed by atoms with van der Waals surface area (Å²) < 4.78 is 61.1. The zero-order valence-corrected chi connectivity index (χ0v) is 17.9. The van der Waals surface area contributed by atoms with Gasteiger partial charge in [-0.15, -0.1) is 0 Å². The van der Waals surface area contributed by atoms with E-state index in [-0.39, 0.29) is 41.9 Å². The molecule has 4 rings (SSSR count). The van der Waals surface area contributed by atoms with Gasteiger partial charge in [0.1, 0.15) is 0 Å². The molecule has 31 heavy (non-hydrogen) atoms. The van der Waals surface area contributed by atoms with Crippen LogP contribution in [0, 0.1) is 17.5 Å². The van der Waals surface area contributed by atoms with Crippen molar-refractivity contribution in [3.63, 3.8) is 0 Å². The minimum absolute atomic E-state index is 0.0280. The highest BCUT2D eigenvalue weighted by Gasteiger charge is 2.30. The largest absolute Gasteiger partial charge is 0.498 e. The number of unbranched alkanes of at least 4 members (excludes halogenated alkanes) is 2. The lowest BCUT2D eigenvalue weighted by Crippen LogP contribution is -2.15. The van der Waals surface area contributed by atoms with Gasteiger partial charge in [0.25, 0.3) is 0 Å². The predicted molar refractivity (Wildman–Crippen MR) is 113 cm³/mol. The molecule has 0 fully saturated rings. The van der Waals surface area contributed by atoms with E-state index in [1.807, 2.05) is 0 Å². The number of ether oxygens (including phenoxy) is 3. The Hall–Kier alpha value is -2.63. The van der Waals surface area contributed by atoms with Crippen LogP contribution in [0.2, 0.25) is 0 Å². The van der Waals surface area contributed by atoms with Crippen LogP contribution in [0.15, 0.2) is 24.5 Å². The highest BCUT2D eigenvalue weighted by molar-refractivity contribution is 5.69. The van der Waals surface area contributed by atoms with Crippen molar-refractivity contribution >= 4 is 5.57 Å². The Kier molecular flexibility index (Phi) is 6.44. The van der Waals surface area contributed by atoms with E-state index in [2.05, 4.69) is 6.92 Å². The molecule has 0 spiro atoms. The van der Waals surface area contributed by atoms with Crippen LogP contribution in [-0.4, -0.2) is 12.7 Å². The molecule has 2 aliphatic heterocycles. The first-order chi connectivity index (χ1) is 15.0. The van der Waals surface area contributed by atoms with E-state index < -0.39 is 17.5 Å². The normalized spacial score (nSPS) is 17.2. The van der Waals surface area contributed by atoms with Crippen LogP contribution in [0.25, 0.3) is 5.57 Å². The molecule has 2 aromatic carbocycles. The van der Waals surface area contributed by atoms with Crippen molar-refractivity contribution in [3.05, 3.63) is 58.6 Å². The number of benzene rings is 2. The molecule has 0 saturated carbocycles. The van der Waals surface area contributed by atoms with E-state index in [4.69, 9.17) is 14.2 Å². The van der Waals surface area contributed by atoms with Gasteiger partial charge in [0.15, 0.2) is 23.1 Å². The van der Waals surface area contributed by atoms with E-state index in [9.17, 15) is 13.2 Å². The molecule has 6 heteroatoms. The maximum atomic E-state index is 14.9. The average Bonchev–Trinajstić information content (AvgIpc) is 2.78. The third-order valence-corrected chi connectivity index (χ3v) is 5.88. The fourth-order valence-corrected chi connectivity index (χ4v) is 4.19. The quantitative estimate of drug-likeness (QED) is 0.367. The Morgan fingerprint density at radius 1 is 1.00 bits per heavy atom. The Labute approximate surface area is 180 Å². The first-order valence-electron chi connectivity index (χ1n) is 11.0. The zero-order chi connectivity index (χ0) is 22.0. The Bertz CT molecular complexity index is 1000. The summed E-state index contributed by atoms with van der Waals surface area (Å²) in [5, 5.41) is 0. The third kappa shape index (κ3) is 4.25. The molecule has 2 heterocycles. The Balaban J connectivity index is 1.60. The average molecular weight is 432 g/mol. The molecule has 2 aromatic rings. The molecule has 166 valence electrons. The summed E-state index contributed by atoms with van der Waals surface area (Å²) in [4.78, 5) is 0. The second-order valence-electron chi connectivity index (χ2n) is 8.05. The van der Waals surface area contributed by atoms with Gasteiger partial charge >= 0.3 is 0 Å². The molecule has 0 aromatic heterocycles. The SMILES string of the molecule is CCCCCC1CCC(c2cc3c(c(F)c2F)Oc2c(ccc(OCC)c2F)C3)=CO1. The lowest BCUT2D eigenvalue weighted by Gasteiger charge is -2.26. The summed E-state index contributed by atoms with van der Waals surface area (Å²) >= 11 is 0. The highest BCUT2D eigenvalue weighted by Crippen LogP contribution is 2.44. The third-order valence-electron chi connectivity index (χ3n) is 5.88. The number of allylic oxidation sites excluding steroid dienone is 1. The number of halogens is 3. The monoisotopic (exact) mass is 432 g/mol. The van der Waals surface area contributed by atoms with Gasteiger partial charge in [-0.3, -0.25) is 0 Å². The van der Waals surface area contributed by atoms with Crippen molar-refractivity contribution in [1.29, 1.82) is 0 Å². The van der Waals surface area contributed by atoms with Crippen LogP contribution in [0.3, 0.4) is 0 Å².